The molecule has 0 N–H and O–H groups in total. The molecule has 7 heteroatoms. The normalized spacial score (nSPS) is 18.3. The molecule has 0 saturated heterocycles. The number of likely N-dealkylation sites (N-methyl/N-ethyl adjacent to an activating group) is 1. The Hall–Kier alpha value is -2.64. The molecule has 29 heavy (non-hydrogen) atoms. The molecule has 0 bridgehead atoms. The molecular weight excluding hydrogens is 386 g/mol. The summed E-state index contributed by atoms with van der Waals surface area (Å²) in [7, 11) is 0.707. The first-order valence-corrected chi connectivity index (χ1v) is 11.0. The van der Waals surface area contributed by atoms with Crippen molar-refractivity contribution in [2.24, 2.45) is 0 Å². The number of ether oxygens (including phenoxy) is 2. The van der Waals surface area contributed by atoms with E-state index in [4.69, 9.17) is 9.47 Å². The topological polar surface area (TPSA) is 56.6 Å². The van der Waals surface area contributed by atoms with Crippen molar-refractivity contribution in [2.45, 2.75) is 17.7 Å². The average molecular weight is 410 g/mol. The molecule has 1 aromatic carbocycles. The number of aromatic nitrogens is 2. The summed E-state index contributed by atoms with van der Waals surface area (Å²) in [6.07, 6.45) is 7.82. The van der Waals surface area contributed by atoms with Gasteiger partial charge in [-0.05, 0) is 43.3 Å². The van der Waals surface area contributed by atoms with E-state index >= 15 is 0 Å². The Morgan fingerprint density at radius 2 is 2.00 bits per heavy atom. The van der Waals surface area contributed by atoms with Crippen LogP contribution >= 0.6 is 0 Å². The molecule has 150 valence electrons. The van der Waals surface area contributed by atoms with Gasteiger partial charge in [0.25, 0.3) is 0 Å². The van der Waals surface area contributed by atoms with Crippen LogP contribution in [0.1, 0.15) is 18.4 Å². The van der Waals surface area contributed by atoms with E-state index in [1.165, 1.54) is 5.57 Å². The molecule has 2 aliphatic rings. The zero-order valence-corrected chi connectivity index (χ0v) is 17.2. The van der Waals surface area contributed by atoms with Gasteiger partial charge in [-0.25, -0.2) is 4.21 Å². The van der Waals surface area contributed by atoms with E-state index in [2.05, 4.69) is 23.0 Å². The van der Waals surface area contributed by atoms with Crippen LogP contribution in [0, 0.1) is 0 Å². The first-order chi connectivity index (χ1) is 14.2. The molecule has 0 amide bonds. The smallest absolute Gasteiger partial charge is 0.162 e. The number of pyridine rings is 1. The molecule has 3 aromatic rings. The minimum Gasteiger partial charge on any atom is -0.490 e. The lowest BCUT2D eigenvalue weighted by Gasteiger charge is -2.21. The van der Waals surface area contributed by atoms with Crippen molar-refractivity contribution in [3.63, 3.8) is 0 Å². The zero-order valence-electron chi connectivity index (χ0n) is 16.3. The summed E-state index contributed by atoms with van der Waals surface area (Å²) >= 11 is 0. The zero-order chi connectivity index (χ0) is 19.8. The summed E-state index contributed by atoms with van der Waals surface area (Å²) < 4.78 is 26.8. The fraction of sp³-hybridized carbons (Fsp3) is 0.318. The molecule has 0 saturated carbocycles. The second-order valence-corrected chi connectivity index (χ2v) is 8.75. The maximum atomic E-state index is 13.5. The molecule has 2 aromatic heterocycles. The van der Waals surface area contributed by atoms with Crippen molar-refractivity contribution in [2.75, 3.05) is 33.4 Å². The second-order valence-electron chi connectivity index (χ2n) is 7.39. The number of benzene rings is 1. The van der Waals surface area contributed by atoms with E-state index in [1.807, 2.05) is 40.5 Å². The van der Waals surface area contributed by atoms with Gasteiger partial charge in [0.2, 0.25) is 0 Å². The van der Waals surface area contributed by atoms with Gasteiger partial charge in [-0.1, -0.05) is 6.08 Å². The lowest BCUT2D eigenvalue weighted by Crippen LogP contribution is -2.23. The van der Waals surface area contributed by atoms with Crippen LogP contribution in [0.4, 0.5) is 0 Å². The third-order valence-corrected chi connectivity index (χ3v) is 6.70. The van der Waals surface area contributed by atoms with E-state index < -0.39 is 11.0 Å². The Morgan fingerprint density at radius 3 is 2.83 bits per heavy atom. The molecule has 6 nitrogen and oxygen atoms in total. The molecule has 0 radical (unpaired) electrons. The van der Waals surface area contributed by atoms with Gasteiger partial charge in [-0.2, -0.15) is 0 Å². The van der Waals surface area contributed by atoms with Crippen LogP contribution in [-0.4, -0.2) is 51.4 Å². The van der Waals surface area contributed by atoms with Crippen molar-refractivity contribution in [1.82, 2.24) is 13.9 Å². The average Bonchev–Trinajstić information content (AvgIpc) is 2.97. The van der Waals surface area contributed by atoms with Crippen LogP contribution in [0.5, 0.6) is 11.5 Å². The molecule has 0 fully saturated rings. The fourth-order valence-corrected chi connectivity index (χ4v) is 4.93. The Bertz CT molecular complexity index is 1120. The largest absolute Gasteiger partial charge is 0.490 e. The van der Waals surface area contributed by atoms with E-state index in [1.54, 1.807) is 6.20 Å². The summed E-state index contributed by atoms with van der Waals surface area (Å²) in [5.41, 5.74) is 4.09. The quantitative estimate of drug-likeness (QED) is 0.663. The van der Waals surface area contributed by atoms with E-state index in [0.717, 1.165) is 42.5 Å². The summed E-state index contributed by atoms with van der Waals surface area (Å²) in [5.74, 6) is 1.36. The monoisotopic (exact) mass is 409 g/mol. The number of hydrogen-bond acceptors (Lipinski definition) is 5. The van der Waals surface area contributed by atoms with Crippen LogP contribution in [0.25, 0.3) is 16.6 Å². The highest BCUT2D eigenvalue weighted by Gasteiger charge is 2.20. The van der Waals surface area contributed by atoms with Crippen molar-refractivity contribution in [3.05, 3.63) is 54.4 Å². The predicted molar refractivity (Wildman–Crippen MR) is 114 cm³/mol. The SMILES string of the molecule is CN1CC=C(c2cn(S(=O)c3ccc4c(c3)OCCCO4)c3cccnc23)CC1. The summed E-state index contributed by atoms with van der Waals surface area (Å²) in [6.45, 7) is 3.17. The Balaban J connectivity index is 1.57. The van der Waals surface area contributed by atoms with Crippen molar-refractivity contribution in [3.8, 4) is 11.5 Å². The number of rotatable bonds is 3. The van der Waals surface area contributed by atoms with Crippen molar-refractivity contribution >= 4 is 27.6 Å². The first kappa shape index (κ1) is 18.4. The highest BCUT2D eigenvalue weighted by Crippen LogP contribution is 2.34. The third kappa shape index (κ3) is 3.45. The van der Waals surface area contributed by atoms with Gasteiger partial charge >= 0.3 is 0 Å². The molecule has 1 atom stereocenters. The van der Waals surface area contributed by atoms with Gasteiger partial charge in [-0.15, -0.1) is 0 Å². The van der Waals surface area contributed by atoms with Crippen molar-refractivity contribution in [1.29, 1.82) is 0 Å². The number of nitrogens with zero attached hydrogens (tertiary/aromatic N) is 3. The highest BCUT2D eigenvalue weighted by molar-refractivity contribution is 7.83. The molecule has 4 heterocycles. The maximum Gasteiger partial charge on any atom is 0.162 e. The Labute approximate surface area is 172 Å². The Morgan fingerprint density at radius 1 is 1.14 bits per heavy atom. The molecule has 0 spiro atoms. The molecule has 2 aliphatic heterocycles. The van der Waals surface area contributed by atoms with Gasteiger partial charge in [0.05, 0.1) is 29.1 Å². The standard InChI is InChI=1S/C22H23N3O3S/c1-24-10-7-16(8-11-24)18-15-25(19-4-2-9-23-22(18)19)29(26)17-5-6-20-21(14-17)28-13-3-12-27-20/h2,4-7,9,14-15H,3,8,10-13H2,1H3. The Kier molecular flexibility index (Phi) is 4.85. The molecule has 0 aliphatic carbocycles. The minimum atomic E-state index is -1.41. The second kappa shape index (κ2) is 7.65. The van der Waals surface area contributed by atoms with Crippen LogP contribution in [0.3, 0.4) is 0 Å². The summed E-state index contributed by atoms with van der Waals surface area (Å²) in [4.78, 5) is 7.56. The molecular formula is C22H23N3O3S. The summed E-state index contributed by atoms with van der Waals surface area (Å²) in [6, 6.07) is 9.38. The minimum absolute atomic E-state index is 0.603. The highest BCUT2D eigenvalue weighted by atomic mass is 32.2. The van der Waals surface area contributed by atoms with E-state index in [0.29, 0.717) is 29.6 Å². The lowest BCUT2D eigenvalue weighted by atomic mass is 10.0. The van der Waals surface area contributed by atoms with E-state index in [9.17, 15) is 4.21 Å². The van der Waals surface area contributed by atoms with Gasteiger partial charge in [0.15, 0.2) is 22.5 Å². The first-order valence-electron chi connectivity index (χ1n) is 9.86. The maximum absolute atomic E-state index is 13.5. The fourth-order valence-electron chi connectivity index (χ4n) is 3.78. The number of hydrogen-bond donors (Lipinski definition) is 0. The van der Waals surface area contributed by atoms with Crippen LogP contribution in [-0.2, 0) is 11.0 Å². The summed E-state index contributed by atoms with van der Waals surface area (Å²) in [5, 5.41) is 0. The van der Waals surface area contributed by atoms with Gasteiger partial charge in [0, 0.05) is 43.5 Å². The number of fused-ring (bicyclic) bond motifs is 2. The van der Waals surface area contributed by atoms with Gasteiger partial charge < -0.3 is 14.4 Å². The lowest BCUT2D eigenvalue weighted by molar-refractivity contribution is 0.297. The molecule has 1 unspecified atom stereocenters. The van der Waals surface area contributed by atoms with Crippen LogP contribution in [0.15, 0.2) is 53.7 Å². The van der Waals surface area contributed by atoms with Crippen LogP contribution < -0.4 is 9.47 Å². The molecule has 5 rings (SSSR count). The van der Waals surface area contributed by atoms with E-state index in [-0.39, 0.29) is 0 Å². The van der Waals surface area contributed by atoms with Crippen LogP contribution in [0.2, 0.25) is 0 Å². The predicted octanol–water partition coefficient (Wildman–Crippen LogP) is 3.49. The van der Waals surface area contributed by atoms with Gasteiger partial charge in [-0.3, -0.25) is 8.96 Å². The van der Waals surface area contributed by atoms with Gasteiger partial charge in [0.1, 0.15) is 0 Å². The van der Waals surface area contributed by atoms with Crippen molar-refractivity contribution < 1.29 is 13.7 Å². The third-order valence-electron chi connectivity index (χ3n) is 5.38.